The summed E-state index contributed by atoms with van der Waals surface area (Å²) in [6.07, 6.45) is 5.76. The van der Waals surface area contributed by atoms with E-state index in [1.54, 1.807) is 6.92 Å². The predicted molar refractivity (Wildman–Crippen MR) is 163 cm³/mol. The smallest absolute Gasteiger partial charge is 0.325 e. The third-order valence-corrected chi connectivity index (χ3v) is 7.81. The molecule has 0 amide bonds. The van der Waals surface area contributed by atoms with Crippen molar-refractivity contribution in [1.82, 2.24) is 29.5 Å². The van der Waals surface area contributed by atoms with Gasteiger partial charge in [0.05, 0.1) is 30.5 Å². The molecule has 4 heterocycles. The minimum absolute atomic E-state index is 0.127. The lowest BCUT2D eigenvalue weighted by atomic mass is 9.96. The summed E-state index contributed by atoms with van der Waals surface area (Å²) in [6.45, 7) is 14.5. The van der Waals surface area contributed by atoms with Crippen LogP contribution in [0.25, 0.3) is 22.6 Å². The van der Waals surface area contributed by atoms with E-state index in [1.165, 1.54) is 0 Å². The van der Waals surface area contributed by atoms with E-state index in [-0.39, 0.29) is 23.9 Å². The molecule has 0 bridgehead atoms. The van der Waals surface area contributed by atoms with Crippen LogP contribution >= 0.6 is 0 Å². The lowest BCUT2D eigenvalue weighted by Gasteiger charge is -2.42. The van der Waals surface area contributed by atoms with Gasteiger partial charge in [0.15, 0.2) is 5.84 Å². The number of carbonyl (C=O) groups is 1. The number of rotatable bonds is 7. The van der Waals surface area contributed by atoms with Gasteiger partial charge in [0.1, 0.15) is 35.2 Å². The molecule has 1 saturated heterocycles. The third-order valence-electron chi connectivity index (χ3n) is 7.81. The molecule has 2 aliphatic rings. The summed E-state index contributed by atoms with van der Waals surface area (Å²) in [6, 6.07) is 8.53. The number of ether oxygens (including phenoxy) is 2. The number of fused-ring (bicyclic) bond motifs is 3. The number of esters is 1. The molecular weight excluding hydrogens is 532 g/mol. The second-order valence-corrected chi connectivity index (χ2v) is 11.7. The Labute approximate surface area is 247 Å². The van der Waals surface area contributed by atoms with E-state index in [9.17, 15) is 4.79 Å². The average molecular weight is 575 g/mol. The van der Waals surface area contributed by atoms with Crippen LogP contribution in [0.15, 0.2) is 41.7 Å². The number of nitrogens with one attached hydrogen (secondary N) is 2. The molecule has 0 saturated carbocycles. The second kappa shape index (κ2) is 12.1. The van der Waals surface area contributed by atoms with Crippen molar-refractivity contribution in [3.8, 4) is 28.4 Å². The fourth-order valence-electron chi connectivity index (χ4n) is 5.69. The maximum absolute atomic E-state index is 12.7. The lowest BCUT2D eigenvalue weighted by Crippen LogP contribution is -2.54. The maximum Gasteiger partial charge on any atom is 0.325 e. The van der Waals surface area contributed by atoms with E-state index in [4.69, 9.17) is 25.0 Å². The quantitative estimate of drug-likeness (QED) is 0.242. The Morgan fingerprint density at radius 1 is 1.29 bits per heavy atom. The molecule has 5 rings (SSSR count). The summed E-state index contributed by atoms with van der Waals surface area (Å²) in [5.74, 6) is 2.19. The largest absolute Gasteiger partial charge is 0.491 e. The number of amidine groups is 2. The lowest BCUT2D eigenvalue weighted by molar-refractivity contribution is -0.157. The highest BCUT2D eigenvalue weighted by Gasteiger charge is 2.39. The monoisotopic (exact) mass is 574 g/mol. The first-order valence-electron chi connectivity index (χ1n) is 14.8. The van der Waals surface area contributed by atoms with Gasteiger partial charge in [-0.05, 0) is 79.1 Å². The Hall–Kier alpha value is -3.99. The van der Waals surface area contributed by atoms with Crippen molar-refractivity contribution in [2.24, 2.45) is 4.99 Å². The second-order valence-electron chi connectivity index (χ2n) is 11.7. The first-order valence-corrected chi connectivity index (χ1v) is 14.8. The number of likely N-dealkylation sites (tertiary alicyclic amines) is 1. The van der Waals surface area contributed by atoms with Gasteiger partial charge in [-0.3, -0.25) is 19.8 Å². The van der Waals surface area contributed by atoms with Gasteiger partial charge in [-0.25, -0.2) is 9.98 Å². The minimum atomic E-state index is -0.701. The maximum atomic E-state index is 12.7. The zero-order chi connectivity index (χ0) is 30.0. The van der Waals surface area contributed by atoms with Crippen LogP contribution in [0.2, 0.25) is 0 Å². The standard InChI is InChI=1S/C31H42N8O3/c1-7-41-30(40)31(5,6)38-14-8-9-23(18-38)39-26(12-13-33-39)22-10-11-24-27(17-22)42-16-15-37-19-25(36-29(24)37)28(34-20(2)3)35-21(4)32/h10-13,17,19-20,23H,7-9,14-16,18H2,1-6H3,(H2,32,34,35). The number of aromatic nitrogens is 4. The topological polar surface area (TPSA) is 123 Å². The highest BCUT2D eigenvalue weighted by Crippen LogP contribution is 2.37. The van der Waals surface area contributed by atoms with Crippen LogP contribution in [-0.2, 0) is 16.1 Å². The van der Waals surface area contributed by atoms with Gasteiger partial charge in [-0.1, -0.05) is 6.07 Å². The van der Waals surface area contributed by atoms with Crippen molar-refractivity contribution in [2.75, 3.05) is 26.3 Å². The van der Waals surface area contributed by atoms with Crippen LogP contribution in [0.4, 0.5) is 0 Å². The van der Waals surface area contributed by atoms with Crippen molar-refractivity contribution in [3.05, 3.63) is 42.4 Å². The summed E-state index contributed by atoms with van der Waals surface area (Å²) >= 11 is 0. The van der Waals surface area contributed by atoms with E-state index < -0.39 is 5.54 Å². The van der Waals surface area contributed by atoms with Crippen LogP contribution in [0.5, 0.6) is 5.75 Å². The Balaban J connectivity index is 1.44. The molecule has 1 aromatic carbocycles. The van der Waals surface area contributed by atoms with Crippen LogP contribution in [0.3, 0.4) is 0 Å². The van der Waals surface area contributed by atoms with E-state index in [0.29, 0.717) is 37.8 Å². The van der Waals surface area contributed by atoms with Gasteiger partial charge < -0.3 is 19.4 Å². The summed E-state index contributed by atoms with van der Waals surface area (Å²) in [5, 5.41) is 15.9. The highest BCUT2D eigenvalue weighted by atomic mass is 16.5. The Morgan fingerprint density at radius 3 is 2.83 bits per heavy atom. The first-order chi connectivity index (χ1) is 20.1. The third kappa shape index (κ3) is 5.97. The van der Waals surface area contributed by atoms with E-state index in [2.05, 4.69) is 42.7 Å². The van der Waals surface area contributed by atoms with Gasteiger partial charge in [0.2, 0.25) is 0 Å². The van der Waals surface area contributed by atoms with Crippen molar-refractivity contribution < 1.29 is 14.3 Å². The van der Waals surface area contributed by atoms with E-state index >= 15 is 0 Å². The molecule has 224 valence electrons. The SMILES string of the molecule is CCOC(=O)C(C)(C)N1CCCC(n2nccc2-c2ccc3c(c2)OCCn2cc(/C(=N/C(C)=N)NC(C)C)nc2-3)C1. The molecule has 1 fully saturated rings. The molecule has 0 radical (unpaired) electrons. The summed E-state index contributed by atoms with van der Waals surface area (Å²) in [5.41, 5.74) is 2.92. The number of hydrogen-bond donors (Lipinski definition) is 2. The van der Waals surface area contributed by atoms with Gasteiger partial charge in [0.25, 0.3) is 0 Å². The van der Waals surface area contributed by atoms with Gasteiger partial charge in [-0.15, -0.1) is 0 Å². The molecule has 1 unspecified atom stereocenters. The number of aliphatic imine (C=N–C) groups is 1. The summed E-state index contributed by atoms with van der Waals surface area (Å²) in [4.78, 5) is 24.2. The van der Waals surface area contributed by atoms with Crippen molar-refractivity contribution in [3.63, 3.8) is 0 Å². The Kier molecular flexibility index (Phi) is 8.49. The molecule has 0 spiro atoms. The highest BCUT2D eigenvalue weighted by molar-refractivity contribution is 6.04. The van der Waals surface area contributed by atoms with Crippen LogP contribution < -0.4 is 10.1 Å². The van der Waals surface area contributed by atoms with Gasteiger partial charge in [-0.2, -0.15) is 5.10 Å². The zero-order valence-electron chi connectivity index (χ0n) is 25.5. The summed E-state index contributed by atoms with van der Waals surface area (Å²) in [7, 11) is 0. The fraction of sp³-hybridized carbons (Fsp3) is 0.516. The van der Waals surface area contributed by atoms with E-state index in [0.717, 1.165) is 47.8 Å². The van der Waals surface area contributed by atoms with Crippen LogP contribution in [0.1, 0.15) is 66.1 Å². The molecule has 2 N–H and O–H groups in total. The van der Waals surface area contributed by atoms with Gasteiger partial charge in [0, 0.05) is 30.5 Å². The first kappa shape index (κ1) is 29.5. The molecule has 1 atom stereocenters. The Bertz CT molecular complexity index is 1480. The predicted octanol–water partition coefficient (Wildman–Crippen LogP) is 4.53. The number of nitrogens with zero attached hydrogens (tertiary/aromatic N) is 6. The number of carbonyl (C=O) groups excluding carboxylic acids is 1. The number of imidazole rings is 1. The molecule has 11 heteroatoms. The number of hydrogen-bond acceptors (Lipinski definition) is 7. The van der Waals surface area contributed by atoms with Gasteiger partial charge >= 0.3 is 5.97 Å². The Morgan fingerprint density at radius 2 is 2.10 bits per heavy atom. The normalized spacial score (nSPS) is 17.7. The zero-order valence-corrected chi connectivity index (χ0v) is 25.5. The number of benzene rings is 1. The molecule has 42 heavy (non-hydrogen) atoms. The number of piperidine rings is 1. The molecular formula is C31H42N8O3. The molecule has 11 nitrogen and oxygen atoms in total. The van der Waals surface area contributed by atoms with Crippen LogP contribution in [0, 0.1) is 5.41 Å². The molecule has 3 aromatic rings. The summed E-state index contributed by atoms with van der Waals surface area (Å²) < 4.78 is 15.8. The van der Waals surface area contributed by atoms with Crippen molar-refractivity contribution in [1.29, 1.82) is 5.41 Å². The molecule has 2 aliphatic heterocycles. The van der Waals surface area contributed by atoms with Crippen LogP contribution in [-0.4, -0.2) is 79.8 Å². The van der Waals surface area contributed by atoms with Crippen molar-refractivity contribution >= 4 is 17.6 Å². The molecule has 0 aliphatic carbocycles. The fourth-order valence-corrected chi connectivity index (χ4v) is 5.69. The molecule has 2 aromatic heterocycles. The van der Waals surface area contributed by atoms with Crippen molar-refractivity contribution in [2.45, 2.75) is 78.6 Å². The average Bonchev–Trinajstić information content (AvgIpc) is 3.57. The van der Waals surface area contributed by atoms with E-state index in [1.807, 2.05) is 53.1 Å². The minimum Gasteiger partial charge on any atom is -0.491 e.